The van der Waals surface area contributed by atoms with E-state index < -0.39 is 5.82 Å². The smallest absolute Gasteiger partial charge is 0.276 e. The number of pyridine rings is 3. The molecule has 0 spiro atoms. The second kappa shape index (κ2) is 7.88. The number of nitrogen functional groups attached to an aromatic ring is 1. The van der Waals surface area contributed by atoms with Gasteiger partial charge in [-0.15, -0.1) is 0 Å². The molecule has 8 nitrogen and oxygen atoms in total. The van der Waals surface area contributed by atoms with Crippen LogP contribution in [-0.2, 0) is 0 Å². The average Bonchev–Trinajstić information content (AvgIpc) is 3.23. The van der Waals surface area contributed by atoms with Gasteiger partial charge >= 0.3 is 0 Å². The maximum atomic E-state index is 13.4. The second-order valence-corrected chi connectivity index (χ2v) is 7.12. The number of aromatic nitrogens is 5. The van der Waals surface area contributed by atoms with Gasteiger partial charge in [0.1, 0.15) is 5.82 Å². The number of halogens is 1. The van der Waals surface area contributed by atoms with E-state index in [-0.39, 0.29) is 11.6 Å². The van der Waals surface area contributed by atoms with Crippen LogP contribution in [0.2, 0.25) is 0 Å². The normalized spacial score (nSPS) is 10.9. The number of anilines is 2. The molecule has 1 amide bonds. The van der Waals surface area contributed by atoms with E-state index in [2.05, 4.69) is 30.5 Å². The summed E-state index contributed by atoms with van der Waals surface area (Å²) in [5.41, 5.74) is 10.6. The number of hydrogen-bond acceptors (Lipinski definition) is 6. The number of carbonyl (C=O) groups is 1. The predicted octanol–water partition coefficient (Wildman–Crippen LogP) is 4.06. The van der Waals surface area contributed by atoms with Crippen molar-refractivity contribution in [2.24, 2.45) is 0 Å². The number of aromatic amines is 1. The molecule has 0 aliphatic carbocycles. The first-order valence-corrected chi connectivity index (χ1v) is 9.64. The van der Waals surface area contributed by atoms with Gasteiger partial charge in [0.25, 0.3) is 5.91 Å². The summed E-state index contributed by atoms with van der Waals surface area (Å²) in [4.78, 5) is 25.1. The van der Waals surface area contributed by atoms with Crippen LogP contribution in [-0.4, -0.2) is 31.1 Å². The van der Waals surface area contributed by atoms with Crippen molar-refractivity contribution < 1.29 is 9.18 Å². The van der Waals surface area contributed by atoms with E-state index in [0.717, 1.165) is 22.8 Å². The summed E-state index contributed by atoms with van der Waals surface area (Å²) in [6.07, 6.45) is 7.42. The van der Waals surface area contributed by atoms with Gasteiger partial charge in [0.2, 0.25) is 0 Å². The van der Waals surface area contributed by atoms with Crippen LogP contribution in [0.1, 0.15) is 10.5 Å². The fourth-order valence-electron chi connectivity index (χ4n) is 3.36. The molecule has 0 saturated heterocycles. The molecule has 0 unspecified atom stereocenters. The third-order valence-corrected chi connectivity index (χ3v) is 4.89. The summed E-state index contributed by atoms with van der Waals surface area (Å²) < 4.78 is 13.4. The molecule has 4 aromatic heterocycles. The fraction of sp³-hybridized carbons (Fsp3) is 0. The second-order valence-electron chi connectivity index (χ2n) is 7.12. The Morgan fingerprint density at radius 3 is 2.53 bits per heavy atom. The summed E-state index contributed by atoms with van der Waals surface area (Å²) in [5, 5.41) is 10.5. The lowest BCUT2D eigenvalue weighted by Crippen LogP contribution is -2.13. The third kappa shape index (κ3) is 3.74. The van der Waals surface area contributed by atoms with Crippen molar-refractivity contribution in [3.05, 3.63) is 85.0 Å². The Morgan fingerprint density at radius 2 is 1.75 bits per heavy atom. The highest BCUT2D eigenvalue weighted by Gasteiger charge is 2.16. The molecule has 4 N–H and O–H groups in total. The average molecular weight is 425 g/mol. The summed E-state index contributed by atoms with van der Waals surface area (Å²) >= 11 is 0. The Hall–Kier alpha value is -4.66. The summed E-state index contributed by atoms with van der Waals surface area (Å²) in [6.45, 7) is 0. The lowest BCUT2D eigenvalue weighted by Gasteiger charge is -2.06. The molecule has 0 atom stereocenters. The highest BCUT2D eigenvalue weighted by Crippen LogP contribution is 2.26. The van der Waals surface area contributed by atoms with E-state index >= 15 is 0 Å². The van der Waals surface area contributed by atoms with E-state index in [1.54, 1.807) is 24.5 Å². The number of nitrogens with one attached hydrogen (secondary N) is 2. The molecular formula is C23H16FN7O. The van der Waals surface area contributed by atoms with Crippen LogP contribution in [0.4, 0.5) is 15.8 Å². The zero-order chi connectivity index (χ0) is 22.1. The molecular weight excluding hydrogens is 409 g/mol. The zero-order valence-corrected chi connectivity index (χ0v) is 16.6. The lowest BCUT2D eigenvalue weighted by molar-refractivity contribution is 0.102. The fourth-order valence-corrected chi connectivity index (χ4v) is 3.36. The molecule has 0 aliphatic rings. The summed E-state index contributed by atoms with van der Waals surface area (Å²) in [7, 11) is 0. The number of rotatable bonds is 4. The minimum Gasteiger partial charge on any atom is -0.397 e. The predicted molar refractivity (Wildman–Crippen MR) is 119 cm³/mol. The van der Waals surface area contributed by atoms with Gasteiger partial charge in [-0.3, -0.25) is 24.8 Å². The molecule has 0 radical (unpaired) electrons. The van der Waals surface area contributed by atoms with E-state index in [9.17, 15) is 9.18 Å². The lowest BCUT2D eigenvalue weighted by atomic mass is 10.0. The molecule has 0 aliphatic heterocycles. The van der Waals surface area contributed by atoms with E-state index in [4.69, 9.17) is 5.73 Å². The Balaban J connectivity index is 1.40. The van der Waals surface area contributed by atoms with Gasteiger partial charge in [-0.05, 0) is 42.0 Å². The highest BCUT2D eigenvalue weighted by molar-refractivity contribution is 6.11. The van der Waals surface area contributed by atoms with Gasteiger partial charge < -0.3 is 11.1 Å². The van der Waals surface area contributed by atoms with Crippen LogP contribution < -0.4 is 11.1 Å². The first-order valence-electron chi connectivity index (χ1n) is 9.64. The number of H-pyrrole nitrogens is 1. The quantitative estimate of drug-likeness (QED) is 0.399. The standard InChI is InChI=1S/C23H16FN7O/c24-16-5-15(9-26-10-16)20-4-2-18(12-28-20)29-23(32)22-19-7-13(1-3-21(19)30-31-22)14-6-17(25)11-27-8-14/h1-12H,25H2,(H,29,32)(H,30,31). The topological polar surface area (TPSA) is 122 Å². The molecule has 156 valence electrons. The molecule has 32 heavy (non-hydrogen) atoms. The molecule has 5 aromatic rings. The van der Waals surface area contributed by atoms with Gasteiger partial charge in [-0.25, -0.2) is 4.39 Å². The Morgan fingerprint density at radius 1 is 0.906 bits per heavy atom. The van der Waals surface area contributed by atoms with Crippen molar-refractivity contribution in [2.45, 2.75) is 0 Å². The number of nitrogens with zero attached hydrogens (tertiary/aromatic N) is 4. The first-order chi connectivity index (χ1) is 15.6. The van der Waals surface area contributed by atoms with Crippen molar-refractivity contribution in [3.63, 3.8) is 0 Å². The van der Waals surface area contributed by atoms with Crippen molar-refractivity contribution in [1.29, 1.82) is 0 Å². The number of hydrogen-bond donors (Lipinski definition) is 3. The van der Waals surface area contributed by atoms with Crippen molar-refractivity contribution in [1.82, 2.24) is 25.1 Å². The van der Waals surface area contributed by atoms with E-state index in [1.165, 1.54) is 18.5 Å². The number of nitrogens with two attached hydrogens (primary N) is 1. The Labute approximate surface area is 181 Å². The van der Waals surface area contributed by atoms with Crippen molar-refractivity contribution in [2.75, 3.05) is 11.1 Å². The van der Waals surface area contributed by atoms with Gasteiger partial charge in [0, 0.05) is 35.1 Å². The molecule has 0 bridgehead atoms. The molecule has 1 aromatic carbocycles. The zero-order valence-electron chi connectivity index (χ0n) is 16.6. The molecule has 4 heterocycles. The monoisotopic (exact) mass is 425 g/mol. The van der Waals surface area contributed by atoms with Gasteiger partial charge in [-0.1, -0.05) is 6.07 Å². The van der Waals surface area contributed by atoms with E-state index in [1.807, 2.05) is 24.3 Å². The van der Waals surface area contributed by atoms with E-state index in [0.29, 0.717) is 28.0 Å². The minimum absolute atomic E-state index is 0.247. The minimum atomic E-state index is -0.444. The van der Waals surface area contributed by atoms with Gasteiger partial charge in [-0.2, -0.15) is 5.10 Å². The first kappa shape index (κ1) is 19.3. The Bertz CT molecular complexity index is 1450. The maximum Gasteiger partial charge on any atom is 0.276 e. The SMILES string of the molecule is Nc1cncc(-c2ccc3[nH]nc(C(=O)Nc4ccc(-c5cncc(F)c5)nc4)c3c2)c1. The highest BCUT2D eigenvalue weighted by atomic mass is 19.1. The largest absolute Gasteiger partial charge is 0.397 e. The van der Waals surface area contributed by atoms with Crippen LogP contribution in [0.15, 0.2) is 73.4 Å². The maximum absolute atomic E-state index is 13.4. The number of benzene rings is 1. The van der Waals surface area contributed by atoms with Crippen LogP contribution in [0.5, 0.6) is 0 Å². The van der Waals surface area contributed by atoms with Crippen LogP contribution in [0.25, 0.3) is 33.3 Å². The van der Waals surface area contributed by atoms with Crippen LogP contribution in [0.3, 0.4) is 0 Å². The molecule has 0 saturated carbocycles. The van der Waals surface area contributed by atoms with Crippen molar-refractivity contribution in [3.8, 4) is 22.4 Å². The summed E-state index contributed by atoms with van der Waals surface area (Å²) in [5.74, 6) is -0.832. The van der Waals surface area contributed by atoms with Crippen LogP contribution in [0, 0.1) is 5.82 Å². The number of fused-ring (bicyclic) bond motifs is 1. The number of carbonyl (C=O) groups excluding carboxylic acids is 1. The third-order valence-electron chi connectivity index (χ3n) is 4.89. The number of amides is 1. The van der Waals surface area contributed by atoms with Gasteiger partial charge in [0.05, 0.1) is 35.0 Å². The Kier molecular flexibility index (Phi) is 4.75. The summed E-state index contributed by atoms with van der Waals surface area (Å²) in [6, 6.07) is 12.1. The van der Waals surface area contributed by atoms with Crippen LogP contribution >= 0.6 is 0 Å². The molecule has 0 fully saturated rings. The van der Waals surface area contributed by atoms with Gasteiger partial charge in [0.15, 0.2) is 5.69 Å². The van der Waals surface area contributed by atoms with Crippen molar-refractivity contribution >= 4 is 28.2 Å². The molecule has 5 rings (SSSR count). The molecule has 9 heteroatoms.